The minimum Gasteiger partial charge on any atom is -0.321 e. The number of halogens is 1. The van der Waals surface area contributed by atoms with E-state index in [4.69, 9.17) is 0 Å². The molecule has 0 unspecified atom stereocenters. The van der Waals surface area contributed by atoms with Gasteiger partial charge < -0.3 is 9.88 Å². The zero-order chi connectivity index (χ0) is 19.8. The van der Waals surface area contributed by atoms with Gasteiger partial charge in [-0.05, 0) is 68.4 Å². The van der Waals surface area contributed by atoms with Crippen LogP contribution in [0.5, 0.6) is 0 Å². The molecule has 0 atom stereocenters. The minimum absolute atomic E-state index is 0.137. The number of rotatable bonds is 3. The molecule has 1 aliphatic heterocycles. The van der Waals surface area contributed by atoms with Gasteiger partial charge in [-0.25, -0.2) is 4.39 Å². The first kappa shape index (κ1) is 18.5. The summed E-state index contributed by atoms with van der Waals surface area (Å²) in [6, 6.07) is 6.67. The number of nitrogens with one attached hydrogen (secondary N) is 1. The zero-order valence-electron chi connectivity index (χ0n) is 16.2. The van der Waals surface area contributed by atoms with Crippen LogP contribution in [0.25, 0.3) is 11.4 Å². The lowest BCUT2D eigenvalue weighted by Gasteiger charge is -2.10. The van der Waals surface area contributed by atoms with Crippen molar-refractivity contribution in [2.75, 3.05) is 5.32 Å². The topological polar surface area (TPSA) is 59.8 Å². The third-order valence-corrected chi connectivity index (χ3v) is 7.03. The Hall–Kier alpha value is -2.54. The zero-order valence-corrected chi connectivity index (χ0v) is 17.0. The lowest BCUT2D eigenvalue weighted by molar-refractivity contribution is 0.103. The standard InChI is InChI=1S/C22H23FN4OS/c23-17-10-9-15(24-22(28)19-12-14-6-3-4-7-18(14)29-19)13-16(17)21-26-25-20-8-2-1-5-11-27(20)21/h9-10,12-13H,1-8,11H2,(H,24,28). The lowest BCUT2D eigenvalue weighted by atomic mass is 9.99. The number of thiophene rings is 1. The van der Waals surface area contributed by atoms with Gasteiger partial charge in [-0.3, -0.25) is 4.79 Å². The Morgan fingerprint density at radius 2 is 1.90 bits per heavy atom. The van der Waals surface area contributed by atoms with Gasteiger partial charge in [0.1, 0.15) is 11.6 Å². The molecule has 5 rings (SSSR count). The first-order valence-corrected chi connectivity index (χ1v) is 11.2. The number of carbonyl (C=O) groups is 1. The van der Waals surface area contributed by atoms with E-state index in [2.05, 4.69) is 15.5 Å². The maximum absolute atomic E-state index is 14.6. The first-order chi connectivity index (χ1) is 14.2. The molecule has 1 N–H and O–H groups in total. The highest BCUT2D eigenvalue weighted by molar-refractivity contribution is 7.14. The molecule has 29 heavy (non-hydrogen) atoms. The Balaban J connectivity index is 1.42. The third-order valence-electron chi connectivity index (χ3n) is 5.80. The number of hydrogen-bond acceptors (Lipinski definition) is 4. The van der Waals surface area contributed by atoms with E-state index in [1.54, 1.807) is 23.5 Å². The van der Waals surface area contributed by atoms with Crippen LogP contribution in [0.1, 0.15) is 58.0 Å². The van der Waals surface area contributed by atoms with Crippen LogP contribution in [-0.4, -0.2) is 20.7 Å². The van der Waals surface area contributed by atoms with Crippen molar-refractivity contribution >= 4 is 22.9 Å². The molecule has 1 amide bonds. The number of amides is 1. The summed E-state index contributed by atoms with van der Waals surface area (Å²) in [6.07, 6.45) is 8.64. The fourth-order valence-corrected chi connectivity index (χ4v) is 5.40. The summed E-state index contributed by atoms with van der Waals surface area (Å²) in [4.78, 5) is 14.8. The second-order valence-electron chi connectivity index (χ2n) is 7.82. The molecule has 0 radical (unpaired) electrons. The number of aromatic nitrogens is 3. The number of nitrogens with zero attached hydrogens (tertiary/aromatic N) is 3. The van der Waals surface area contributed by atoms with Crippen LogP contribution in [0.3, 0.4) is 0 Å². The van der Waals surface area contributed by atoms with Gasteiger partial charge in [-0.1, -0.05) is 6.42 Å². The molecule has 1 aliphatic carbocycles. The van der Waals surface area contributed by atoms with Crippen LogP contribution in [0.2, 0.25) is 0 Å². The third kappa shape index (κ3) is 3.59. The van der Waals surface area contributed by atoms with Gasteiger partial charge in [0.25, 0.3) is 5.91 Å². The molecule has 0 saturated heterocycles. The molecule has 2 aliphatic rings. The molecule has 2 aromatic heterocycles. The molecule has 0 fully saturated rings. The van der Waals surface area contributed by atoms with Crippen molar-refractivity contribution in [1.82, 2.24) is 14.8 Å². The van der Waals surface area contributed by atoms with Crippen molar-refractivity contribution in [3.8, 4) is 11.4 Å². The van der Waals surface area contributed by atoms with Crippen LogP contribution in [0, 0.1) is 5.82 Å². The average Bonchev–Trinajstić information content (AvgIpc) is 3.27. The summed E-state index contributed by atoms with van der Waals surface area (Å²) in [5.41, 5.74) is 2.26. The number of anilines is 1. The average molecular weight is 411 g/mol. The van der Waals surface area contributed by atoms with Crippen molar-refractivity contribution in [3.05, 3.63) is 51.2 Å². The summed E-state index contributed by atoms with van der Waals surface area (Å²) in [7, 11) is 0. The van der Waals surface area contributed by atoms with E-state index in [-0.39, 0.29) is 11.7 Å². The van der Waals surface area contributed by atoms with Crippen molar-refractivity contribution in [3.63, 3.8) is 0 Å². The monoisotopic (exact) mass is 410 g/mol. The Bertz CT molecular complexity index is 1050. The van der Waals surface area contributed by atoms with Gasteiger partial charge in [-0.15, -0.1) is 21.5 Å². The highest BCUT2D eigenvalue weighted by Gasteiger charge is 2.21. The largest absolute Gasteiger partial charge is 0.321 e. The molecule has 1 aromatic carbocycles. The smallest absolute Gasteiger partial charge is 0.265 e. The van der Waals surface area contributed by atoms with Gasteiger partial charge in [0, 0.05) is 23.5 Å². The van der Waals surface area contributed by atoms with Gasteiger partial charge in [-0.2, -0.15) is 0 Å². The second kappa shape index (κ2) is 7.71. The molecular formula is C22H23FN4OS. The summed E-state index contributed by atoms with van der Waals surface area (Å²) >= 11 is 1.58. The number of hydrogen-bond donors (Lipinski definition) is 1. The quantitative estimate of drug-likeness (QED) is 0.661. The molecule has 3 heterocycles. The van der Waals surface area contributed by atoms with Crippen LogP contribution >= 0.6 is 11.3 Å². The molecule has 7 heteroatoms. The van der Waals surface area contributed by atoms with Gasteiger partial charge in [0.15, 0.2) is 5.82 Å². The summed E-state index contributed by atoms with van der Waals surface area (Å²) < 4.78 is 16.6. The number of fused-ring (bicyclic) bond motifs is 2. The van der Waals surface area contributed by atoms with E-state index in [9.17, 15) is 9.18 Å². The van der Waals surface area contributed by atoms with Crippen molar-refractivity contribution in [2.45, 2.75) is 57.9 Å². The number of benzene rings is 1. The Kier molecular flexibility index (Phi) is 4.91. The van der Waals surface area contributed by atoms with Gasteiger partial charge in [0.05, 0.1) is 10.4 Å². The molecule has 5 nitrogen and oxygen atoms in total. The van der Waals surface area contributed by atoms with E-state index in [0.29, 0.717) is 17.1 Å². The second-order valence-corrected chi connectivity index (χ2v) is 8.95. The van der Waals surface area contributed by atoms with Crippen molar-refractivity contribution in [2.24, 2.45) is 0 Å². The predicted molar refractivity (Wildman–Crippen MR) is 112 cm³/mol. The van der Waals surface area contributed by atoms with Crippen molar-refractivity contribution < 1.29 is 9.18 Å². The molecule has 0 bridgehead atoms. The van der Waals surface area contributed by atoms with Crippen LogP contribution in [0.15, 0.2) is 24.3 Å². The highest BCUT2D eigenvalue weighted by Crippen LogP contribution is 2.31. The first-order valence-electron chi connectivity index (χ1n) is 10.3. The summed E-state index contributed by atoms with van der Waals surface area (Å²) in [6.45, 7) is 0.800. The Labute approximate surface area is 173 Å². The Morgan fingerprint density at radius 3 is 2.79 bits per heavy atom. The number of carbonyl (C=O) groups excluding carboxylic acids is 1. The van der Waals surface area contributed by atoms with E-state index in [1.807, 2.05) is 10.6 Å². The van der Waals surface area contributed by atoms with Crippen LogP contribution in [0.4, 0.5) is 10.1 Å². The van der Waals surface area contributed by atoms with Crippen LogP contribution in [-0.2, 0) is 25.8 Å². The molecule has 0 saturated carbocycles. The minimum atomic E-state index is -0.353. The molecule has 3 aromatic rings. The number of aryl methyl sites for hydroxylation is 3. The summed E-state index contributed by atoms with van der Waals surface area (Å²) in [5, 5.41) is 11.5. The maximum atomic E-state index is 14.6. The van der Waals surface area contributed by atoms with Crippen LogP contribution < -0.4 is 5.32 Å². The normalized spacial score (nSPS) is 16.0. The van der Waals surface area contributed by atoms with Gasteiger partial charge >= 0.3 is 0 Å². The van der Waals surface area contributed by atoms with E-state index >= 15 is 0 Å². The van der Waals surface area contributed by atoms with Gasteiger partial charge in [0.2, 0.25) is 0 Å². The fourth-order valence-electron chi connectivity index (χ4n) is 4.25. The SMILES string of the molecule is O=C(Nc1ccc(F)c(-c2nnc3n2CCCCC3)c1)c1cc2c(s1)CCCC2. The maximum Gasteiger partial charge on any atom is 0.265 e. The predicted octanol–water partition coefficient (Wildman–Crippen LogP) is 5.00. The highest BCUT2D eigenvalue weighted by atomic mass is 32.1. The Morgan fingerprint density at radius 1 is 1.03 bits per heavy atom. The fraction of sp³-hybridized carbons (Fsp3) is 0.409. The van der Waals surface area contributed by atoms with E-state index < -0.39 is 0 Å². The molecular weight excluding hydrogens is 387 g/mol. The van der Waals surface area contributed by atoms with E-state index in [0.717, 1.165) is 55.8 Å². The molecule has 150 valence electrons. The lowest BCUT2D eigenvalue weighted by Crippen LogP contribution is -2.11. The summed E-state index contributed by atoms with van der Waals surface area (Å²) in [5.74, 6) is 0.966. The van der Waals surface area contributed by atoms with Crippen molar-refractivity contribution in [1.29, 1.82) is 0 Å². The van der Waals surface area contributed by atoms with E-state index in [1.165, 1.54) is 29.3 Å². The molecule has 0 spiro atoms.